The molecular weight excluding hydrogens is 248 g/mol. The van der Waals surface area contributed by atoms with Gasteiger partial charge in [0.15, 0.2) is 0 Å². The van der Waals surface area contributed by atoms with Crippen LogP contribution >= 0.6 is 0 Å². The Labute approximate surface area is 122 Å². The Morgan fingerprint density at radius 2 is 2.00 bits per heavy atom. The van der Waals surface area contributed by atoms with Crippen molar-refractivity contribution in [3.63, 3.8) is 0 Å². The van der Waals surface area contributed by atoms with Crippen molar-refractivity contribution in [1.29, 1.82) is 0 Å². The van der Waals surface area contributed by atoms with Crippen LogP contribution in [0.1, 0.15) is 31.0 Å². The molecule has 4 heteroatoms. The Hall–Kier alpha value is -1.13. The summed E-state index contributed by atoms with van der Waals surface area (Å²) in [7, 11) is 0. The average molecular weight is 274 g/mol. The van der Waals surface area contributed by atoms with Gasteiger partial charge in [0.05, 0.1) is 0 Å². The highest BCUT2D eigenvalue weighted by molar-refractivity contribution is 5.54. The second kappa shape index (κ2) is 6.10. The van der Waals surface area contributed by atoms with Crippen molar-refractivity contribution in [2.24, 2.45) is 0 Å². The van der Waals surface area contributed by atoms with Gasteiger partial charge >= 0.3 is 0 Å². The molecule has 2 heterocycles. The molecule has 0 spiro atoms. The molecule has 1 aromatic heterocycles. The molecule has 20 heavy (non-hydrogen) atoms. The molecule has 1 saturated heterocycles. The van der Waals surface area contributed by atoms with Crippen molar-refractivity contribution >= 4 is 5.69 Å². The van der Waals surface area contributed by atoms with E-state index in [0.717, 1.165) is 31.4 Å². The number of aryl methyl sites for hydroxylation is 1. The molecular formula is C16H26N4. The first-order valence-corrected chi connectivity index (χ1v) is 7.92. The quantitative estimate of drug-likeness (QED) is 0.887. The van der Waals surface area contributed by atoms with Crippen molar-refractivity contribution < 1.29 is 0 Å². The smallest absolute Gasteiger partial charge is 0.0446 e. The van der Waals surface area contributed by atoms with Crippen molar-refractivity contribution in [3.05, 3.63) is 23.5 Å². The fourth-order valence-electron chi connectivity index (χ4n) is 2.85. The molecule has 2 fully saturated rings. The van der Waals surface area contributed by atoms with E-state index in [9.17, 15) is 0 Å². The number of pyridine rings is 1. The molecule has 3 rings (SSSR count). The summed E-state index contributed by atoms with van der Waals surface area (Å²) >= 11 is 0. The Kier molecular flexibility index (Phi) is 4.22. The number of likely N-dealkylation sites (N-methyl/N-ethyl adjacent to an activating group) is 1. The summed E-state index contributed by atoms with van der Waals surface area (Å²) in [5.74, 6) is 0. The number of rotatable bonds is 5. The number of hydrogen-bond acceptors (Lipinski definition) is 4. The third-order valence-electron chi connectivity index (χ3n) is 4.42. The molecule has 1 aliphatic heterocycles. The fraction of sp³-hybridized carbons (Fsp3) is 0.688. The topological polar surface area (TPSA) is 31.4 Å². The van der Waals surface area contributed by atoms with Crippen LogP contribution in [0.5, 0.6) is 0 Å². The van der Waals surface area contributed by atoms with Gasteiger partial charge in [-0.05, 0) is 32.4 Å². The molecule has 0 aromatic carbocycles. The third kappa shape index (κ3) is 3.30. The number of aromatic nitrogens is 1. The summed E-state index contributed by atoms with van der Waals surface area (Å²) in [6.07, 6.45) is 4.74. The van der Waals surface area contributed by atoms with Crippen molar-refractivity contribution in [2.75, 3.05) is 37.6 Å². The normalized spacial score (nSPS) is 20.4. The molecule has 2 aliphatic rings. The lowest BCUT2D eigenvalue weighted by Crippen LogP contribution is -2.46. The van der Waals surface area contributed by atoms with Crippen LogP contribution in [-0.2, 0) is 6.54 Å². The predicted molar refractivity (Wildman–Crippen MR) is 83.2 cm³/mol. The van der Waals surface area contributed by atoms with E-state index < -0.39 is 0 Å². The zero-order valence-electron chi connectivity index (χ0n) is 12.7. The number of piperazine rings is 1. The van der Waals surface area contributed by atoms with E-state index in [-0.39, 0.29) is 0 Å². The van der Waals surface area contributed by atoms with Gasteiger partial charge < -0.3 is 15.1 Å². The molecule has 0 radical (unpaired) electrons. The first-order chi connectivity index (χ1) is 9.76. The van der Waals surface area contributed by atoms with Gasteiger partial charge in [-0.15, -0.1) is 0 Å². The van der Waals surface area contributed by atoms with Gasteiger partial charge in [0.2, 0.25) is 0 Å². The molecule has 1 aromatic rings. The van der Waals surface area contributed by atoms with Gasteiger partial charge in [-0.2, -0.15) is 0 Å². The number of nitrogens with zero attached hydrogens (tertiary/aromatic N) is 3. The van der Waals surface area contributed by atoms with Gasteiger partial charge in [-0.25, -0.2) is 0 Å². The molecule has 0 bridgehead atoms. The highest BCUT2D eigenvalue weighted by Crippen LogP contribution is 2.24. The molecule has 0 amide bonds. The predicted octanol–water partition coefficient (Wildman–Crippen LogP) is 1.78. The second-order valence-electron chi connectivity index (χ2n) is 6.03. The lowest BCUT2D eigenvalue weighted by Gasteiger charge is -2.36. The molecule has 4 nitrogen and oxygen atoms in total. The van der Waals surface area contributed by atoms with Crippen LogP contribution < -0.4 is 10.2 Å². The zero-order chi connectivity index (χ0) is 13.9. The number of hydrogen-bond donors (Lipinski definition) is 1. The number of anilines is 1. The van der Waals surface area contributed by atoms with E-state index in [4.69, 9.17) is 0 Å². The SMILES string of the molecule is CCN1CCN(c2cc(C)ncc2CNC2CC2)CC1. The van der Waals surface area contributed by atoms with Gasteiger partial charge in [0.1, 0.15) is 0 Å². The minimum Gasteiger partial charge on any atom is -0.369 e. The standard InChI is InChI=1S/C16H26N4/c1-3-19-6-8-20(9-7-19)16-10-13(2)17-11-14(16)12-18-15-4-5-15/h10-11,15,18H,3-9,12H2,1-2H3. The van der Waals surface area contributed by atoms with Gasteiger partial charge in [-0.3, -0.25) is 4.98 Å². The van der Waals surface area contributed by atoms with Crippen LogP contribution in [0.2, 0.25) is 0 Å². The lowest BCUT2D eigenvalue weighted by atomic mass is 10.1. The van der Waals surface area contributed by atoms with Crippen molar-refractivity contribution in [1.82, 2.24) is 15.2 Å². The van der Waals surface area contributed by atoms with E-state index in [1.807, 2.05) is 0 Å². The maximum atomic E-state index is 4.49. The largest absolute Gasteiger partial charge is 0.369 e. The van der Waals surface area contributed by atoms with E-state index >= 15 is 0 Å². The van der Waals surface area contributed by atoms with Gasteiger partial charge in [0.25, 0.3) is 0 Å². The Morgan fingerprint density at radius 1 is 1.25 bits per heavy atom. The highest BCUT2D eigenvalue weighted by Gasteiger charge is 2.22. The number of nitrogens with one attached hydrogen (secondary N) is 1. The van der Waals surface area contributed by atoms with E-state index in [1.165, 1.54) is 43.7 Å². The first-order valence-electron chi connectivity index (χ1n) is 7.92. The summed E-state index contributed by atoms with van der Waals surface area (Å²) in [6, 6.07) is 3.01. The maximum absolute atomic E-state index is 4.49. The average Bonchev–Trinajstić information content (AvgIpc) is 3.30. The van der Waals surface area contributed by atoms with Crippen LogP contribution in [0.15, 0.2) is 12.3 Å². The van der Waals surface area contributed by atoms with E-state index in [1.54, 1.807) is 0 Å². The van der Waals surface area contributed by atoms with Crippen LogP contribution in [-0.4, -0.2) is 48.6 Å². The third-order valence-corrected chi connectivity index (χ3v) is 4.42. The van der Waals surface area contributed by atoms with E-state index in [2.05, 4.69) is 46.2 Å². The Balaban J connectivity index is 1.71. The van der Waals surface area contributed by atoms with Crippen LogP contribution in [0.3, 0.4) is 0 Å². The summed E-state index contributed by atoms with van der Waals surface area (Å²) in [5.41, 5.74) is 3.86. The molecule has 0 atom stereocenters. The van der Waals surface area contributed by atoms with Crippen LogP contribution in [0, 0.1) is 6.92 Å². The summed E-state index contributed by atoms with van der Waals surface area (Å²) in [6.45, 7) is 11.1. The highest BCUT2D eigenvalue weighted by atomic mass is 15.3. The summed E-state index contributed by atoms with van der Waals surface area (Å²) in [5, 5.41) is 3.61. The van der Waals surface area contributed by atoms with Crippen molar-refractivity contribution in [2.45, 2.75) is 39.3 Å². The molecule has 1 aliphatic carbocycles. The van der Waals surface area contributed by atoms with Crippen molar-refractivity contribution in [3.8, 4) is 0 Å². The Bertz CT molecular complexity index is 448. The van der Waals surface area contributed by atoms with E-state index in [0.29, 0.717) is 0 Å². The van der Waals surface area contributed by atoms with Crippen LogP contribution in [0.4, 0.5) is 5.69 Å². The second-order valence-corrected chi connectivity index (χ2v) is 6.03. The molecule has 1 saturated carbocycles. The molecule has 1 N–H and O–H groups in total. The zero-order valence-corrected chi connectivity index (χ0v) is 12.7. The van der Waals surface area contributed by atoms with Crippen LogP contribution in [0.25, 0.3) is 0 Å². The minimum absolute atomic E-state index is 0.751. The summed E-state index contributed by atoms with van der Waals surface area (Å²) in [4.78, 5) is 9.54. The molecule has 0 unspecified atom stereocenters. The van der Waals surface area contributed by atoms with Gasteiger partial charge in [0, 0.05) is 61.9 Å². The molecule has 110 valence electrons. The lowest BCUT2D eigenvalue weighted by molar-refractivity contribution is 0.271. The Morgan fingerprint density at radius 3 is 2.65 bits per heavy atom. The maximum Gasteiger partial charge on any atom is 0.0446 e. The minimum atomic E-state index is 0.751. The summed E-state index contributed by atoms with van der Waals surface area (Å²) < 4.78 is 0. The fourth-order valence-corrected chi connectivity index (χ4v) is 2.85. The van der Waals surface area contributed by atoms with Gasteiger partial charge in [-0.1, -0.05) is 6.92 Å². The monoisotopic (exact) mass is 274 g/mol. The first kappa shape index (κ1) is 13.8.